The first-order valence-corrected chi connectivity index (χ1v) is 8.94. The topological polar surface area (TPSA) is 93.1 Å². The van der Waals surface area contributed by atoms with Crippen LogP contribution in [0.4, 0.5) is 5.82 Å². The van der Waals surface area contributed by atoms with Gasteiger partial charge in [-0.3, -0.25) is 9.48 Å². The van der Waals surface area contributed by atoms with E-state index in [1.54, 1.807) is 19.2 Å². The van der Waals surface area contributed by atoms with Crippen LogP contribution < -0.4 is 10.1 Å². The van der Waals surface area contributed by atoms with E-state index in [4.69, 9.17) is 14.4 Å². The third kappa shape index (κ3) is 4.07. The first-order chi connectivity index (χ1) is 13.4. The summed E-state index contributed by atoms with van der Waals surface area (Å²) in [4.78, 5) is 12.4. The molecular weight excluding hydrogens is 356 g/mol. The van der Waals surface area contributed by atoms with E-state index in [2.05, 4.69) is 36.4 Å². The molecule has 0 unspecified atom stereocenters. The first kappa shape index (κ1) is 19.2. The zero-order valence-electron chi connectivity index (χ0n) is 16.3. The lowest BCUT2D eigenvalue weighted by Gasteiger charge is -2.14. The third-order valence-corrected chi connectivity index (χ3v) is 4.34. The second-order valence-electron chi connectivity index (χ2n) is 6.85. The SMILES string of the molecule is Cc1ccc(C(C)C)c(OCc2ccc(C(=O)Nc3c(C#N)cnn3C)o2)c1. The summed E-state index contributed by atoms with van der Waals surface area (Å²) in [6.45, 7) is 6.45. The molecule has 0 atom stereocenters. The molecule has 0 fully saturated rings. The number of anilines is 1. The zero-order chi connectivity index (χ0) is 20.3. The number of nitriles is 1. The van der Waals surface area contributed by atoms with Crippen molar-refractivity contribution in [3.05, 3.63) is 64.7 Å². The van der Waals surface area contributed by atoms with Crippen LogP contribution in [0.5, 0.6) is 5.75 Å². The van der Waals surface area contributed by atoms with Gasteiger partial charge in [-0.2, -0.15) is 10.4 Å². The van der Waals surface area contributed by atoms with Crippen molar-refractivity contribution in [1.29, 1.82) is 5.26 Å². The number of benzene rings is 1. The van der Waals surface area contributed by atoms with Crippen molar-refractivity contribution in [3.8, 4) is 11.8 Å². The number of carbonyl (C=O) groups excluding carboxylic acids is 1. The van der Waals surface area contributed by atoms with Gasteiger partial charge >= 0.3 is 0 Å². The number of nitrogens with one attached hydrogen (secondary N) is 1. The van der Waals surface area contributed by atoms with E-state index in [9.17, 15) is 4.79 Å². The maximum Gasteiger partial charge on any atom is 0.292 e. The van der Waals surface area contributed by atoms with E-state index >= 15 is 0 Å². The number of hydrogen-bond donors (Lipinski definition) is 1. The summed E-state index contributed by atoms with van der Waals surface area (Å²) in [5.41, 5.74) is 2.52. The van der Waals surface area contributed by atoms with Crippen LogP contribution in [0.2, 0.25) is 0 Å². The molecule has 1 amide bonds. The van der Waals surface area contributed by atoms with Gasteiger partial charge in [0.05, 0.1) is 6.20 Å². The normalized spacial score (nSPS) is 10.7. The van der Waals surface area contributed by atoms with Crippen molar-refractivity contribution in [2.45, 2.75) is 33.3 Å². The molecule has 0 aliphatic carbocycles. The van der Waals surface area contributed by atoms with E-state index in [-0.39, 0.29) is 17.9 Å². The van der Waals surface area contributed by atoms with Gasteiger partial charge < -0.3 is 14.5 Å². The summed E-state index contributed by atoms with van der Waals surface area (Å²) in [5, 5.41) is 15.7. The fourth-order valence-corrected chi connectivity index (χ4v) is 2.81. The van der Waals surface area contributed by atoms with Crippen LogP contribution in [0.3, 0.4) is 0 Å². The molecule has 0 aliphatic rings. The Bertz CT molecular complexity index is 1040. The fourth-order valence-electron chi connectivity index (χ4n) is 2.81. The van der Waals surface area contributed by atoms with E-state index < -0.39 is 5.91 Å². The van der Waals surface area contributed by atoms with E-state index in [1.165, 1.54) is 10.9 Å². The van der Waals surface area contributed by atoms with Gasteiger partial charge in [-0.25, -0.2) is 0 Å². The minimum Gasteiger partial charge on any atom is -0.485 e. The summed E-state index contributed by atoms with van der Waals surface area (Å²) >= 11 is 0. The summed E-state index contributed by atoms with van der Waals surface area (Å²) in [6.07, 6.45) is 1.39. The molecule has 0 bridgehead atoms. The Balaban J connectivity index is 1.70. The molecule has 3 aromatic rings. The number of furan rings is 1. The molecule has 0 spiro atoms. The van der Waals surface area contributed by atoms with Gasteiger partial charge in [0.15, 0.2) is 5.76 Å². The lowest BCUT2D eigenvalue weighted by Crippen LogP contribution is -2.14. The van der Waals surface area contributed by atoms with Crippen molar-refractivity contribution in [1.82, 2.24) is 9.78 Å². The maximum absolute atomic E-state index is 12.4. The average Bonchev–Trinajstić information content (AvgIpc) is 3.27. The molecule has 3 rings (SSSR count). The molecule has 144 valence electrons. The zero-order valence-corrected chi connectivity index (χ0v) is 16.3. The molecule has 7 nitrogen and oxygen atoms in total. The Labute approximate surface area is 163 Å². The highest BCUT2D eigenvalue weighted by Gasteiger charge is 2.17. The molecule has 2 heterocycles. The van der Waals surface area contributed by atoms with Gasteiger partial charge in [0.2, 0.25) is 0 Å². The first-order valence-electron chi connectivity index (χ1n) is 8.94. The van der Waals surface area contributed by atoms with Crippen LogP contribution in [-0.2, 0) is 13.7 Å². The minimum atomic E-state index is -0.454. The van der Waals surface area contributed by atoms with Gasteiger partial charge in [-0.05, 0) is 42.2 Å². The quantitative estimate of drug-likeness (QED) is 0.695. The van der Waals surface area contributed by atoms with Crippen LogP contribution in [0.15, 0.2) is 40.9 Å². The molecule has 7 heteroatoms. The number of amides is 1. The summed E-state index contributed by atoms with van der Waals surface area (Å²) in [7, 11) is 1.64. The Morgan fingerprint density at radius 1 is 1.36 bits per heavy atom. The van der Waals surface area contributed by atoms with Crippen molar-refractivity contribution < 1.29 is 13.9 Å². The van der Waals surface area contributed by atoms with Crippen LogP contribution in [-0.4, -0.2) is 15.7 Å². The van der Waals surface area contributed by atoms with Crippen molar-refractivity contribution >= 4 is 11.7 Å². The van der Waals surface area contributed by atoms with Crippen LogP contribution in [0.25, 0.3) is 0 Å². The number of ether oxygens (including phenoxy) is 1. The Hall–Kier alpha value is -3.53. The summed E-state index contributed by atoms with van der Waals surface area (Å²) < 4.78 is 13.0. The van der Waals surface area contributed by atoms with Gasteiger partial charge in [0.1, 0.15) is 35.6 Å². The molecule has 0 saturated heterocycles. The number of aryl methyl sites for hydroxylation is 2. The Morgan fingerprint density at radius 3 is 2.86 bits per heavy atom. The Morgan fingerprint density at radius 2 is 2.14 bits per heavy atom. The van der Waals surface area contributed by atoms with Crippen molar-refractivity contribution in [2.75, 3.05) is 5.32 Å². The molecular formula is C21H22N4O3. The average molecular weight is 378 g/mol. The number of hydrogen-bond acceptors (Lipinski definition) is 5. The maximum atomic E-state index is 12.4. The lowest BCUT2D eigenvalue weighted by atomic mass is 10.0. The predicted octanol–water partition coefficient (Wildman–Crippen LogP) is 4.15. The van der Waals surface area contributed by atoms with E-state index in [0.29, 0.717) is 17.5 Å². The van der Waals surface area contributed by atoms with Gasteiger partial charge in [-0.15, -0.1) is 0 Å². The van der Waals surface area contributed by atoms with Gasteiger partial charge in [0.25, 0.3) is 5.91 Å². The number of nitrogens with zero attached hydrogens (tertiary/aromatic N) is 3. The second-order valence-corrected chi connectivity index (χ2v) is 6.85. The Kier molecular flexibility index (Phi) is 5.50. The molecule has 0 aliphatic heterocycles. The monoisotopic (exact) mass is 378 g/mol. The number of carbonyl (C=O) groups is 1. The number of rotatable bonds is 6. The highest BCUT2D eigenvalue weighted by atomic mass is 16.5. The van der Waals surface area contributed by atoms with Crippen molar-refractivity contribution in [3.63, 3.8) is 0 Å². The standard InChI is InChI=1S/C21H22N4O3/c1-13(2)17-7-5-14(3)9-19(17)27-12-16-6-8-18(28-16)21(26)24-20-15(10-22)11-23-25(20)4/h5-9,11,13H,12H2,1-4H3,(H,24,26). The largest absolute Gasteiger partial charge is 0.485 e. The van der Waals surface area contributed by atoms with Crippen molar-refractivity contribution in [2.24, 2.45) is 7.05 Å². The molecule has 28 heavy (non-hydrogen) atoms. The highest BCUT2D eigenvalue weighted by molar-refractivity contribution is 6.02. The van der Waals surface area contributed by atoms with Crippen LogP contribution in [0.1, 0.15) is 52.8 Å². The third-order valence-electron chi connectivity index (χ3n) is 4.34. The molecule has 1 N–H and O–H groups in total. The smallest absolute Gasteiger partial charge is 0.292 e. The van der Waals surface area contributed by atoms with Crippen LogP contribution >= 0.6 is 0 Å². The highest BCUT2D eigenvalue weighted by Crippen LogP contribution is 2.28. The summed E-state index contributed by atoms with van der Waals surface area (Å²) in [5.74, 6) is 1.68. The lowest BCUT2D eigenvalue weighted by molar-refractivity contribution is 0.0991. The minimum absolute atomic E-state index is 0.136. The summed E-state index contributed by atoms with van der Waals surface area (Å²) in [6, 6.07) is 11.4. The molecule has 0 saturated carbocycles. The van der Waals surface area contributed by atoms with Crippen LogP contribution in [0, 0.1) is 18.3 Å². The van der Waals surface area contributed by atoms with E-state index in [0.717, 1.165) is 16.9 Å². The second kappa shape index (κ2) is 8.01. The molecule has 2 aromatic heterocycles. The van der Waals surface area contributed by atoms with Gasteiger partial charge in [-0.1, -0.05) is 26.0 Å². The predicted molar refractivity (Wildman–Crippen MR) is 104 cm³/mol. The van der Waals surface area contributed by atoms with Gasteiger partial charge in [0, 0.05) is 7.05 Å². The van der Waals surface area contributed by atoms with E-state index in [1.807, 2.05) is 19.1 Å². The fraction of sp³-hybridized carbons (Fsp3) is 0.286. The molecule has 1 aromatic carbocycles. The molecule has 0 radical (unpaired) electrons. The number of aromatic nitrogens is 2.